The van der Waals surface area contributed by atoms with Gasteiger partial charge in [-0.2, -0.15) is 0 Å². The Labute approximate surface area is 895 Å². The number of rotatable bonds is 34. The lowest BCUT2D eigenvalue weighted by molar-refractivity contribution is -0.132. The summed E-state index contributed by atoms with van der Waals surface area (Å²) in [5.74, 6) is -0.682. The summed E-state index contributed by atoms with van der Waals surface area (Å²) in [6, 6.07) is 52.9. The SMILES string of the molecule is C=C(C(CCN)c1ccc(Br)cc1)C(C)(C)C.CC(C)(C)C(=O)C(C)(CCN)c1ccc(Cl)cc1.CC(C)C(=O)C(C)(CCN)c1ccc(Cl)cc1.CC(C)C(=O)C(CC(C)(C)N)c1ccc(Cl)c(F)c1.CC(C)C(=O)C(CCN)c1ccc(Br)cc1.CC(C)C(=O)C1(c2ccc(Cl)c(F)c2)CCCCC1.CC(C)C(=O)C1(c2ccc(Cl)cc2)CCNC1.CC(C)C(=O)[C@H](CC(C)(C)N)c1ccc(Cl)c(F)c1. The molecule has 1 aliphatic heterocycles. The molecule has 8 aromatic rings. The molecule has 2 fully saturated rings. The Bertz CT molecular complexity index is 5220. The minimum atomic E-state index is -0.544. The number of nitrogens with two attached hydrogens (primary N) is 6. The molecule has 0 radical (unpaired) electrons. The topological polar surface area (TPSA) is 288 Å². The number of Topliss-reactive ketones (excluding diaryl/α,β-unsaturated/α-hetero) is 7. The van der Waals surface area contributed by atoms with Gasteiger partial charge in [0.15, 0.2) is 0 Å². The summed E-state index contributed by atoms with van der Waals surface area (Å²) in [5, 5.41) is 5.62. The first-order valence-corrected chi connectivity index (χ1v) is 53.4. The van der Waals surface area contributed by atoms with E-state index in [0.29, 0.717) is 89.8 Å². The molecule has 1 saturated carbocycles. The summed E-state index contributed by atoms with van der Waals surface area (Å²) >= 11 is 41.6. The van der Waals surface area contributed by atoms with Crippen molar-refractivity contribution in [3.63, 3.8) is 0 Å². The van der Waals surface area contributed by atoms with Crippen molar-refractivity contribution < 1.29 is 46.7 Å². The molecule has 2 aliphatic rings. The standard InChI is InChI=1S/C16H20ClFO.C15H22BrN.2C15H21ClFNO.C15H22ClNO.C14H18ClNO.C14H20ClNO.C13H18BrNO/c1-11(2)15(19)16(8-4-3-5-9-16)12-6-7-13(17)14(18)10-12;1-11(15(2,3)4)14(9-10-17)12-5-7-13(16)8-6-12;2*1-9(2)14(19)11(8-15(3,4)18)10-5-6-12(16)13(17)7-10;1-14(2,3)13(18)15(4,9-10-17)11-5-7-12(16)8-6-11;1-10(2)13(17)14(7-8-16-9-14)11-3-5-12(15)6-4-11;1-10(2)13(17)14(3,8-9-16)11-4-6-12(15)7-5-11;1-9(2)13(16)12(7-8-15)10-3-5-11(14)6-4-10/h6-7,10-11H,3-5,8-9H2,1-2H3;5-8,14H,1,9-10,17H2,2-4H3;2*5-7,9,11H,8,18H2,1-4H3;5-8H,9-10,17H2,1-4H3;3-6,10,16H,7-9H2,1-2H3;4-7,10H,8-9,16H2,1-3H3;3-6,9,12H,7-8,15H2,1-2H3/t;;11-;;;;;/m..1...../s1. The summed E-state index contributed by atoms with van der Waals surface area (Å²) in [6.45, 7) is 54.8. The van der Waals surface area contributed by atoms with Crippen molar-refractivity contribution in [1.82, 2.24) is 5.32 Å². The number of hydrogen-bond acceptors (Lipinski definition) is 14. The largest absolute Gasteiger partial charge is 0.330 e. The lowest BCUT2D eigenvalue weighted by Gasteiger charge is -2.37. The summed E-state index contributed by atoms with van der Waals surface area (Å²) in [7, 11) is 0. The third kappa shape index (κ3) is 40.1. The monoisotopic (exact) mass is 2200 g/mol. The number of carbonyl (C=O) groups is 7. The Morgan fingerprint density at radius 2 is 0.711 bits per heavy atom. The number of ketones is 7. The van der Waals surface area contributed by atoms with Crippen molar-refractivity contribution in [2.45, 2.75) is 300 Å². The first-order valence-electron chi connectivity index (χ1n) is 49.5. The quantitative estimate of drug-likeness (QED) is 0.0185. The predicted octanol–water partition coefficient (Wildman–Crippen LogP) is 29.9. The highest BCUT2D eigenvalue weighted by molar-refractivity contribution is 9.10. The Hall–Kier alpha value is -6.60. The summed E-state index contributed by atoms with van der Waals surface area (Å²) in [4.78, 5) is 86.8. The third-order valence-corrected chi connectivity index (χ3v) is 28.7. The van der Waals surface area contributed by atoms with Crippen molar-refractivity contribution in [1.29, 1.82) is 0 Å². The predicted molar refractivity (Wildman–Crippen MR) is 599 cm³/mol. The molecule has 14 nitrogen and oxygen atoms in total. The average Bonchev–Trinajstić information content (AvgIpc) is 1.10. The molecule has 25 heteroatoms. The molecule has 13 N–H and O–H groups in total. The molecule has 784 valence electrons. The van der Waals surface area contributed by atoms with E-state index in [0.717, 1.165) is 101 Å². The van der Waals surface area contributed by atoms with Crippen molar-refractivity contribution in [3.05, 3.63) is 289 Å². The zero-order valence-electron chi connectivity index (χ0n) is 88.4. The van der Waals surface area contributed by atoms with Gasteiger partial charge in [0.25, 0.3) is 0 Å². The second-order valence-corrected chi connectivity index (χ2v) is 47.7. The summed E-state index contributed by atoms with van der Waals surface area (Å²) in [5.41, 5.74) is 40.2. The summed E-state index contributed by atoms with van der Waals surface area (Å²) in [6.07, 6.45) is 9.68. The first-order chi connectivity index (χ1) is 65.8. The number of halogens is 11. The number of benzene rings is 8. The molecule has 7 atom stereocenters. The zero-order valence-corrected chi connectivity index (χ0v) is 96.1. The maximum atomic E-state index is 13.7. The van der Waals surface area contributed by atoms with Crippen LogP contribution in [0, 0.1) is 63.8 Å². The summed E-state index contributed by atoms with van der Waals surface area (Å²) < 4.78 is 43.0. The Morgan fingerprint density at radius 1 is 0.380 bits per heavy atom. The van der Waals surface area contributed by atoms with Gasteiger partial charge in [-0.25, -0.2) is 13.2 Å². The van der Waals surface area contributed by atoms with Crippen molar-refractivity contribution in [3.8, 4) is 0 Å². The van der Waals surface area contributed by atoms with Gasteiger partial charge in [0.2, 0.25) is 0 Å². The highest BCUT2D eigenvalue weighted by atomic mass is 79.9. The smallest absolute Gasteiger partial charge is 0.148 e. The zero-order chi connectivity index (χ0) is 108. The Kier molecular flexibility index (Phi) is 54.3. The fourth-order valence-corrected chi connectivity index (χ4v) is 19.3. The second kappa shape index (κ2) is 59.6. The molecule has 10 rings (SSSR count). The van der Waals surface area contributed by atoms with E-state index in [-0.39, 0.29) is 107 Å². The van der Waals surface area contributed by atoms with Crippen LogP contribution in [-0.2, 0) is 55.2 Å². The Morgan fingerprint density at radius 3 is 1.04 bits per heavy atom. The van der Waals surface area contributed by atoms with E-state index in [1.807, 2.05) is 249 Å². The molecule has 1 aliphatic carbocycles. The molecular formula is C117H162Br2Cl6F3N7O7. The first kappa shape index (κ1) is 130. The van der Waals surface area contributed by atoms with Crippen LogP contribution in [0.3, 0.4) is 0 Å². The molecule has 0 spiro atoms. The molecule has 1 saturated heterocycles. The maximum absolute atomic E-state index is 13.7. The van der Waals surface area contributed by atoms with E-state index < -0.39 is 56.6 Å². The van der Waals surface area contributed by atoms with Crippen LogP contribution < -0.4 is 39.7 Å². The number of carbonyl (C=O) groups excluding carboxylic acids is 7. The fraction of sp³-hybridized carbons (Fsp3) is 0.513. The van der Waals surface area contributed by atoms with Gasteiger partial charge in [0, 0.05) is 106 Å². The van der Waals surface area contributed by atoms with Gasteiger partial charge >= 0.3 is 0 Å². The molecule has 142 heavy (non-hydrogen) atoms. The van der Waals surface area contributed by atoms with Gasteiger partial charge in [-0.1, -0.05) is 336 Å². The van der Waals surface area contributed by atoms with Crippen LogP contribution in [0.25, 0.3) is 0 Å². The molecular weight excluding hydrogens is 2040 g/mol. The van der Waals surface area contributed by atoms with E-state index in [2.05, 4.69) is 88.8 Å². The maximum Gasteiger partial charge on any atom is 0.148 e. The highest BCUT2D eigenvalue weighted by Crippen LogP contribution is 2.45. The number of hydrogen-bond donors (Lipinski definition) is 7. The number of nitrogens with one attached hydrogen (secondary N) is 1. The van der Waals surface area contributed by atoms with Gasteiger partial charge in [0.1, 0.15) is 57.9 Å². The van der Waals surface area contributed by atoms with E-state index in [1.165, 1.54) is 41.5 Å². The van der Waals surface area contributed by atoms with E-state index >= 15 is 0 Å². The Balaban J connectivity index is 0.000000417. The van der Waals surface area contributed by atoms with Crippen molar-refractivity contribution >= 4 is 142 Å². The average molecular weight is 2210 g/mol. The van der Waals surface area contributed by atoms with Crippen molar-refractivity contribution in [2.24, 2.45) is 80.7 Å². The fourth-order valence-electron chi connectivity index (χ4n) is 18.0. The lowest BCUT2D eigenvalue weighted by Crippen LogP contribution is -2.42. The second-order valence-electron chi connectivity index (χ2n) is 43.3. The van der Waals surface area contributed by atoms with Crippen LogP contribution in [0.1, 0.15) is 311 Å². The molecule has 1 heterocycles. The third-order valence-electron chi connectivity index (χ3n) is 26.0. The molecule has 0 aromatic heterocycles. The number of allylic oxidation sites excluding steroid dienone is 1. The molecule has 0 bridgehead atoms. The van der Waals surface area contributed by atoms with Crippen LogP contribution in [0.5, 0.6) is 0 Å². The minimum Gasteiger partial charge on any atom is -0.330 e. The van der Waals surface area contributed by atoms with E-state index in [1.54, 1.807) is 18.2 Å². The highest BCUT2D eigenvalue weighted by Gasteiger charge is 2.46. The van der Waals surface area contributed by atoms with Crippen LogP contribution in [0.15, 0.2) is 197 Å². The molecule has 8 aromatic carbocycles. The molecule has 6 unspecified atom stereocenters. The van der Waals surface area contributed by atoms with Gasteiger partial charge in [-0.15, -0.1) is 0 Å². The van der Waals surface area contributed by atoms with Crippen LogP contribution in [-0.4, -0.2) is 90.8 Å². The minimum absolute atomic E-state index is 0.00206. The van der Waals surface area contributed by atoms with Gasteiger partial charge in [-0.3, -0.25) is 33.6 Å². The van der Waals surface area contributed by atoms with Crippen LogP contribution >= 0.6 is 101 Å². The van der Waals surface area contributed by atoms with Gasteiger partial charge in [0.05, 0.1) is 36.7 Å². The van der Waals surface area contributed by atoms with E-state index in [9.17, 15) is 46.7 Å². The van der Waals surface area contributed by atoms with Crippen molar-refractivity contribution in [2.75, 3.05) is 39.3 Å². The van der Waals surface area contributed by atoms with Crippen LogP contribution in [0.2, 0.25) is 30.1 Å². The van der Waals surface area contributed by atoms with E-state index in [4.69, 9.17) is 104 Å². The van der Waals surface area contributed by atoms with Gasteiger partial charge < -0.3 is 39.7 Å². The van der Waals surface area contributed by atoms with Gasteiger partial charge in [-0.05, 0) is 279 Å². The normalized spacial score (nSPS) is 15.8. The molecule has 0 amide bonds. The lowest BCUT2D eigenvalue weighted by atomic mass is 9.64. The van der Waals surface area contributed by atoms with Crippen LogP contribution in [0.4, 0.5) is 13.2 Å².